The van der Waals surface area contributed by atoms with E-state index in [9.17, 15) is 14.7 Å². The monoisotopic (exact) mass is 1900 g/mol. The zero-order chi connectivity index (χ0) is 77.2. The molecular weight excluding hydrogens is 1820 g/mol. The van der Waals surface area contributed by atoms with Crippen LogP contribution in [0.15, 0.2) is 291 Å². The van der Waals surface area contributed by atoms with Crippen LogP contribution in [0.25, 0.3) is 65.3 Å². The van der Waals surface area contributed by atoms with Crippen LogP contribution in [0.5, 0.6) is 0 Å². The minimum Gasteiger partial charge on any atom is -0.350 e. The summed E-state index contributed by atoms with van der Waals surface area (Å²) < 4.78 is 53.4. The van der Waals surface area contributed by atoms with Gasteiger partial charge in [-0.15, -0.1) is 0 Å². The van der Waals surface area contributed by atoms with Gasteiger partial charge in [-0.2, -0.15) is 0 Å². The molecule has 7 unspecified atom stereocenters. The summed E-state index contributed by atoms with van der Waals surface area (Å²) in [7, 11) is -8.97. The number of rotatable bonds is 0. The molecular formula is C94H76O15P6Y3. The van der Waals surface area contributed by atoms with Crippen LogP contribution in [0.4, 0.5) is 0 Å². The van der Waals surface area contributed by atoms with E-state index in [0.717, 1.165) is 131 Å². The molecule has 15 nitrogen and oxygen atoms in total. The van der Waals surface area contributed by atoms with Crippen molar-refractivity contribution in [2.75, 3.05) is 38.3 Å². The van der Waals surface area contributed by atoms with Gasteiger partial charge < -0.3 is 42.9 Å². The molecule has 581 valence electrons. The first-order chi connectivity index (χ1) is 56.4. The molecule has 7 atom stereocenters. The van der Waals surface area contributed by atoms with E-state index >= 15 is 0 Å². The number of hydrogen-bond acceptors (Lipinski definition) is 15. The van der Waals surface area contributed by atoms with Crippen molar-refractivity contribution in [2.24, 2.45) is 0 Å². The third-order valence-corrected chi connectivity index (χ3v) is 31.5. The zero-order valence-corrected chi connectivity index (χ0v) is 77.6. The first-order valence-electron chi connectivity index (χ1n) is 38.9. The Morgan fingerprint density at radius 2 is 0.475 bits per heavy atom. The number of hydrogen-bond donors (Lipinski definition) is 6. The second-order valence-corrected chi connectivity index (χ2v) is 37.7. The minimum absolute atomic E-state index is 0. The van der Waals surface area contributed by atoms with Crippen molar-refractivity contribution >= 4 is 94.0 Å². The van der Waals surface area contributed by atoms with Crippen molar-refractivity contribution in [3.63, 3.8) is 0 Å². The molecule has 6 heterocycles. The predicted octanol–water partition coefficient (Wildman–Crippen LogP) is 21.6. The van der Waals surface area contributed by atoms with Crippen LogP contribution in [-0.2, 0) is 185 Å². The Morgan fingerprint density at radius 1 is 0.246 bits per heavy atom. The minimum atomic E-state index is -2.11. The summed E-state index contributed by atoms with van der Waals surface area (Å²) >= 11 is 0. The smallest absolute Gasteiger partial charge is 0.332 e. The van der Waals surface area contributed by atoms with Crippen molar-refractivity contribution in [3.8, 4) is 22.3 Å². The normalized spacial score (nSPS) is 24.5. The van der Waals surface area contributed by atoms with Crippen molar-refractivity contribution in [1.82, 2.24) is 0 Å². The third kappa shape index (κ3) is 12.4. The molecule has 6 aliphatic heterocycles. The first kappa shape index (κ1) is 83.0. The Bertz CT molecular complexity index is 5730. The fourth-order valence-corrected chi connectivity index (χ4v) is 25.7. The van der Waals surface area contributed by atoms with E-state index in [1.54, 1.807) is 0 Å². The summed E-state index contributed by atoms with van der Waals surface area (Å²) in [6.07, 6.45) is 5.86. The molecule has 118 heavy (non-hydrogen) atoms. The molecule has 0 amide bonds. The second-order valence-electron chi connectivity index (χ2n) is 31.0. The van der Waals surface area contributed by atoms with Gasteiger partial charge in [0.25, 0.3) is 0 Å². The maximum Gasteiger partial charge on any atom is 0.332 e. The van der Waals surface area contributed by atoms with E-state index in [2.05, 4.69) is 280 Å². The predicted molar refractivity (Wildman–Crippen MR) is 453 cm³/mol. The topological polar surface area (TPSA) is 204 Å². The summed E-state index contributed by atoms with van der Waals surface area (Å²) in [5.41, 5.74) is 17.6. The van der Waals surface area contributed by atoms with Crippen LogP contribution in [0.3, 0.4) is 0 Å². The molecule has 6 saturated heterocycles. The summed E-state index contributed by atoms with van der Waals surface area (Å²) in [6, 6.07) is 103. The molecule has 0 bridgehead atoms. The van der Waals surface area contributed by atoms with Crippen molar-refractivity contribution in [2.45, 2.75) is 71.1 Å². The Balaban J connectivity index is 0.000000107. The van der Waals surface area contributed by atoms with Crippen LogP contribution in [0.1, 0.15) is 114 Å². The number of fused-ring (bicyclic) bond motifs is 23. The molecule has 14 aromatic rings. The van der Waals surface area contributed by atoms with Crippen LogP contribution in [0.2, 0.25) is 0 Å². The Morgan fingerprint density at radius 3 is 0.754 bits per heavy atom. The average Bonchev–Trinajstić information content (AvgIpc) is 1.35. The van der Waals surface area contributed by atoms with E-state index < -0.39 is 84.5 Å². The van der Waals surface area contributed by atoms with Crippen LogP contribution in [0, 0.1) is 0 Å². The van der Waals surface area contributed by atoms with Gasteiger partial charge >= 0.3 is 25.8 Å². The zero-order valence-electron chi connectivity index (χ0n) is 63.7. The summed E-state index contributed by atoms with van der Waals surface area (Å²) in [6.45, 7) is 2.30. The Labute approximate surface area is 765 Å². The summed E-state index contributed by atoms with van der Waals surface area (Å²) in [4.78, 5) is 58.1. The Hall–Kier alpha value is -4.59. The van der Waals surface area contributed by atoms with E-state index in [1.807, 2.05) is 24.3 Å². The van der Waals surface area contributed by atoms with Gasteiger partial charge in [-0.25, -0.2) is 0 Å². The van der Waals surface area contributed by atoms with Gasteiger partial charge in [0.1, 0.15) is 11.2 Å². The molecule has 14 aromatic carbocycles. The van der Waals surface area contributed by atoms with Crippen LogP contribution < -0.4 is 0 Å². The van der Waals surface area contributed by atoms with Gasteiger partial charge in [-0.3, -0.25) is 27.1 Å². The van der Waals surface area contributed by atoms with E-state index in [0.29, 0.717) is 0 Å². The second kappa shape index (κ2) is 32.7. The number of benzene rings is 14. The fraction of sp³-hybridized carbons (Fsp3) is 0.191. The van der Waals surface area contributed by atoms with Crippen molar-refractivity contribution in [1.29, 1.82) is 0 Å². The summed E-state index contributed by atoms with van der Waals surface area (Å²) in [5.74, 6) is 0.522. The third-order valence-electron chi connectivity index (χ3n) is 25.7. The van der Waals surface area contributed by atoms with Crippen LogP contribution >= 0.6 is 50.9 Å². The quantitative estimate of drug-likeness (QED) is 0.0617. The SMILES string of the molecule is OP1CCO1.OP1CCO1.OP1CCO1.OP1OC2(c3ccccc3-c3ccccc32)C2(O1)c1ccccc1-c1ccccc12.OP1OC2(c3ccccc3Cc3ccccc32)C2(O1)c1ccccc1Cc1ccccc12.OP1OC23CC4c5cccc6ccc7cccc(c7c56)C4CC2(O1)c1cccc2ccc4cccc3c4c12.[Y].[Y].[Y]. The van der Waals surface area contributed by atoms with Gasteiger partial charge in [0.15, 0.2) is 47.5 Å². The van der Waals surface area contributed by atoms with Gasteiger partial charge in [-0.1, -0.05) is 291 Å². The van der Waals surface area contributed by atoms with E-state index in [-0.39, 0.29) is 110 Å². The molecule has 0 aromatic heterocycles. The molecule has 4 spiro atoms. The van der Waals surface area contributed by atoms with Gasteiger partial charge in [-0.05, 0) is 170 Å². The van der Waals surface area contributed by atoms with Gasteiger partial charge in [0, 0.05) is 139 Å². The molecule has 27 rings (SSSR count). The first-order valence-corrected chi connectivity index (χ1v) is 46.5. The van der Waals surface area contributed by atoms with E-state index in [1.165, 1.54) is 87.6 Å². The average molecular weight is 1900 g/mol. The molecule has 7 aliphatic carbocycles. The molecule has 13 aliphatic rings. The summed E-state index contributed by atoms with van der Waals surface area (Å²) in [5, 5.41) is 10.3. The van der Waals surface area contributed by atoms with E-state index in [4.69, 9.17) is 41.8 Å². The van der Waals surface area contributed by atoms with Gasteiger partial charge in [0.2, 0.25) is 0 Å². The van der Waals surface area contributed by atoms with Gasteiger partial charge in [0.05, 0.1) is 19.8 Å². The maximum absolute atomic E-state index is 11.2. The largest absolute Gasteiger partial charge is 0.350 e. The fourth-order valence-electron chi connectivity index (χ4n) is 21.2. The standard InChI is InChI=1S/C34H23O3P.C28H21O3P.C26H17O3P.3C2H5O2P.3Y/c35-38-36-33-17-25-23-9-1-5-19-13-14-20-6-2-10-24(30(20)29(19)23)26(25)18-34(33,37-38)28-12-4-8-22-16-15-21-7-3-11-27(33)31(21)32(22)28;29-32-30-27(23-13-5-1-9-19(23)17-20-10-2-6-14-24(20)27)28(31-32)25-15-7-3-11-21(25)18-22-12-4-8-16-26(22)28;27-30-28-25(21-13-5-1-9-17(21)18-10-2-6-14-22(18)25)26(29-30)23-15-7-3-11-19(23)20-12-4-8-16-24(20)26;3*3-5-2-1-4-5;;;/h1-16,25-26,35H,17-18H2;1-16,29H,17-18H2;1-16,27H;3*3H,1-2H2;;;. The van der Waals surface area contributed by atoms with Crippen molar-refractivity contribution in [3.05, 3.63) is 380 Å². The maximum atomic E-state index is 11.2. The van der Waals surface area contributed by atoms with Crippen molar-refractivity contribution < 1.29 is 168 Å². The molecule has 7 fully saturated rings. The van der Waals surface area contributed by atoms with Crippen LogP contribution in [-0.4, -0.2) is 67.7 Å². The molecule has 24 heteroatoms. The molecule has 6 N–H and O–H groups in total. The molecule has 1 saturated carbocycles. The molecule has 3 radical (unpaired) electrons. The Kier molecular flexibility index (Phi) is 23.0.